The molecule has 0 saturated carbocycles. The van der Waals surface area contributed by atoms with E-state index in [0.29, 0.717) is 18.8 Å². The molecule has 0 aliphatic rings. The Morgan fingerprint density at radius 2 is 1.80 bits per heavy atom. The highest BCUT2D eigenvalue weighted by Gasteiger charge is 2.15. The Morgan fingerprint density at radius 1 is 1.08 bits per heavy atom. The first-order valence-electron chi connectivity index (χ1n) is 8.58. The van der Waals surface area contributed by atoms with E-state index in [0.717, 1.165) is 24.0 Å². The highest BCUT2D eigenvalue weighted by Crippen LogP contribution is 2.08. The van der Waals surface area contributed by atoms with Crippen LogP contribution in [0.5, 0.6) is 0 Å². The SMILES string of the molecule is CCCCN(C)C(=O)c1cccc(C(=O)NCc2ccccc2C)n1. The molecule has 0 spiro atoms. The van der Waals surface area contributed by atoms with Crippen LogP contribution >= 0.6 is 0 Å². The third-order valence-corrected chi connectivity index (χ3v) is 4.10. The number of hydrogen-bond donors (Lipinski definition) is 1. The summed E-state index contributed by atoms with van der Waals surface area (Å²) >= 11 is 0. The Kier molecular flexibility index (Phi) is 6.69. The van der Waals surface area contributed by atoms with Crippen LogP contribution in [-0.2, 0) is 6.54 Å². The molecule has 1 aromatic carbocycles. The normalized spacial score (nSPS) is 10.4. The van der Waals surface area contributed by atoms with Crippen molar-refractivity contribution in [2.24, 2.45) is 0 Å². The van der Waals surface area contributed by atoms with Gasteiger partial charge in [-0.25, -0.2) is 4.98 Å². The van der Waals surface area contributed by atoms with Crippen LogP contribution in [0.1, 0.15) is 51.9 Å². The zero-order valence-electron chi connectivity index (χ0n) is 15.1. The monoisotopic (exact) mass is 339 g/mol. The standard InChI is InChI=1S/C20H25N3O2/c1-4-5-13-23(3)20(25)18-12-8-11-17(22-18)19(24)21-14-16-10-7-6-9-15(16)2/h6-12H,4-5,13-14H2,1-3H3,(H,21,24). The number of benzene rings is 1. The van der Waals surface area contributed by atoms with Crippen LogP contribution in [-0.4, -0.2) is 35.3 Å². The van der Waals surface area contributed by atoms with Crippen LogP contribution in [0.25, 0.3) is 0 Å². The van der Waals surface area contributed by atoms with E-state index >= 15 is 0 Å². The molecule has 2 amide bonds. The van der Waals surface area contributed by atoms with E-state index in [9.17, 15) is 9.59 Å². The Hall–Kier alpha value is -2.69. The van der Waals surface area contributed by atoms with E-state index < -0.39 is 0 Å². The fraction of sp³-hybridized carbons (Fsp3) is 0.350. The van der Waals surface area contributed by atoms with E-state index in [2.05, 4.69) is 17.2 Å². The van der Waals surface area contributed by atoms with E-state index in [1.165, 1.54) is 0 Å². The van der Waals surface area contributed by atoms with Crippen molar-refractivity contribution >= 4 is 11.8 Å². The minimum absolute atomic E-state index is 0.165. The van der Waals surface area contributed by atoms with Crippen molar-refractivity contribution in [2.75, 3.05) is 13.6 Å². The Labute approximate surface area is 149 Å². The maximum Gasteiger partial charge on any atom is 0.272 e. The maximum atomic E-state index is 12.4. The molecule has 0 saturated heterocycles. The van der Waals surface area contributed by atoms with Crippen LogP contribution in [0, 0.1) is 6.92 Å². The van der Waals surface area contributed by atoms with Crippen LogP contribution in [0.15, 0.2) is 42.5 Å². The summed E-state index contributed by atoms with van der Waals surface area (Å²) in [6.45, 7) is 5.20. The first kappa shape index (κ1) is 18.6. The van der Waals surface area contributed by atoms with Crippen molar-refractivity contribution in [1.29, 1.82) is 0 Å². The number of aryl methyl sites for hydroxylation is 1. The van der Waals surface area contributed by atoms with Gasteiger partial charge in [-0.15, -0.1) is 0 Å². The number of rotatable bonds is 7. The molecule has 0 aliphatic heterocycles. The number of hydrogen-bond acceptors (Lipinski definition) is 3. The number of carbonyl (C=O) groups is 2. The van der Waals surface area contributed by atoms with Crippen LogP contribution < -0.4 is 5.32 Å². The summed E-state index contributed by atoms with van der Waals surface area (Å²) < 4.78 is 0. The molecule has 0 unspecified atom stereocenters. The molecular formula is C20H25N3O2. The van der Waals surface area contributed by atoms with Gasteiger partial charge in [-0.2, -0.15) is 0 Å². The van der Waals surface area contributed by atoms with Crippen LogP contribution in [0.4, 0.5) is 0 Å². The van der Waals surface area contributed by atoms with Gasteiger partial charge < -0.3 is 10.2 Å². The molecule has 1 N–H and O–H groups in total. The number of carbonyl (C=O) groups excluding carboxylic acids is 2. The second-order valence-corrected chi connectivity index (χ2v) is 6.10. The van der Waals surface area contributed by atoms with Crippen molar-refractivity contribution < 1.29 is 9.59 Å². The zero-order chi connectivity index (χ0) is 18.2. The summed E-state index contributed by atoms with van der Waals surface area (Å²) in [4.78, 5) is 30.6. The number of amides is 2. The molecular weight excluding hydrogens is 314 g/mol. The van der Waals surface area contributed by atoms with Gasteiger partial charge in [0.15, 0.2) is 0 Å². The average Bonchev–Trinajstić information content (AvgIpc) is 2.64. The number of nitrogens with one attached hydrogen (secondary N) is 1. The molecule has 0 radical (unpaired) electrons. The molecule has 2 rings (SSSR count). The lowest BCUT2D eigenvalue weighted by molar-refractivity contribution is 0.0787. The Balaban J connectivity index is 2.03. The summed E-state index contributed by atoms with van der Waals surface area (Å²) in [5, 5.41) is 2.86. The topological polar surface area (TPSA) is 62.3 Å². The largest absolute Gasteiger partial charge is 0.347 e. The Bertz CT molecular complexity index is 743. The fourth-order valence-electron chi connectivity index (χ4n) is 2.45. The summed E-state index contributed by atoms with van der Waals surface area (Å²) in [7, 11) is 1.75. The van der Waals surface area contributed by atoms with Gasteiger partial charge in [-0.1, -0.05) is 43.7 Å². The molecule has 5 nitrogen and oxygen atoms in total. The molecule has 2 aromatic rings. The van der Waals surface area contributed by atoms with Gasteiger partial charge >= 0.3 is 0 Å². The summed E-state index contributed by atoms with van der Waals surface area (Å²) in [5.74, 6) is -0.448. The molecule has 25 heavy (non-hydrogen) atoms. The molecule has 0 aliphatic carbocycles. The molecule has 1 heterocycles. The minimum Gasteiger partial charge on any atom is -0.347 e. The quantitative estimate of drug-likeness (QED) is 0.842. The highest BCUT2D eigenvalue weighted by molar-refractivity contribution is 5.96. The van der Waals surface area contributed by atoms with E-state index in [1.54, 1.807) is 30.1 Å². The van der Waals surface area contributed by atoms with E-state index in [1.807, 2.05) is 31.2 Å². The lowest BCUT2D eigenvalue weighted by atomic mass is 10.1. The van der Waals surface area contributed by atoms with Crippen molar-refractivity contribution in [3.05, 3.63) is 65.0 Å². The summed E-state index contributed by atoms with van der Waals surface area (Å²) in [6.07, 6.45) is 1.96. The molecule has 0 fully saturated rings. The van der Waals surface area contributed by atoms with E-state index in [4.69, 9.17) is 0 Å². The van der Waals surface area contributed by atoms with Crippen molar-refractivity contribution in [3.63, 3.8) is 0 Å². The molecule has 132 valence electrons. The lowest BCUT2D eigenvalue weighted by Crippen LogP contribution is -2.30. The van der Waals surface area contributed by atoms with Gasteiger partial charge in [-0.05, 0) is 36.6 Å². The average molecular weight is 339 g/mol. The van der Waals surface area contributed by atoms with Gasteiger partial charge in [0, 0.05) is 20.1 Å². The number of nitrogens with zero attached hydrogens (tertiary/aromatic N) is 2. The predicted molar refractivity (Wildman–Crippen MR) is 98.5 cm³/mol. The predicted octanol–water partition coefficient (Wildman–Crippen LogP) is 3.19. The van der Waals surface area contributed by atoms with E-state index in [-0.39, 0.29) is 17.5 Å². The Morgan fingerprint density at radius 3 is 2.52 bits per heavy atom. The zero-order valence-corrected chi connectivity index (χ0v) is 15.1. The fourth-order valence-corrected chi connectivity index (χ4v) is 2.45. The van der Waals surface area contributed by atoms with Gasteiger partial charge in [0.2, 0.25) is 0 Å². The second-order valence-electron chi connectivity index (χ2n) is 6.10. The smallest absolute Gasteiger partial charge is 0.272 e. The second kappa shape index (κ2) is 8.97. The molecule has 1 aromatic heterocycles. The lowest BCUT2D eigenvalue weighted by Gasteiger charge is -2.16. The van der Waals surface area contributed by atoms with Crippen molar-refractivity contribution in [1.82, 2.24) is 15.2 Å². The third-order valence-electron chi connectivity index (χ3n) is 4.10. The number of aromatic nitrogens is 1. The number of unbranched alkanes of at least 4 members (excludes halogenated alkanes) is 1. The highest BCUT2D eigenvalue weighted by atomic mass is 16.2. The van der Waals surface area contributed by atoms with Crippen LogP contribution in [0.3, 0.4) is 0 Å². The van der Waals surface area contributed by atoms with Crippen molar-refractivity contribution in [3.8, 4) is 0 Å². The summed E-state index contributed by atoms with van der Waals surface area (Å²) in [5.41, 5.74) is 2.73. The first-order valence-corrected chi connectivity index (χ1v) is 8.58. The maximum absolute atomic E-state index is 12.4. The van der Waals surface area contributed by atoms with Gasteiger partial charge in [0.05, 0.1) is 0 Å². The van der Waals surface area contributed by atoms with Gasteiger partial charge in [0.1, 0.15) is 11.4 Å². The van der Waals surface area contributed by atoms with Gasteiger partial charge in [-0.3, -0.25) is 9.59 Å². The molecule has 0 bridgehead atoms. The molecule has 0 atom stereocenters. The minimum atomic E-state index is -0.283. The molecule has 5 heteroatoms. The first-order chi connectivity index (χ1) is 12.0. The van der Waals surface area contributed by atoms with Crippen molar-refractivity contribution in [2.45, 2.75) is 33.2 Å². The third kappa shape index (κ3) is 5.14. The number of pyridine rings is 1. The van der Waals surface area contributed by atoms with Crippen LogP contribution in [0.2, 0.25) is 0 Å². The summed E-state index contributed by atoms with van der Waals surface area (Å²) in [6, 6.07) is 12.8. The van der Waals surface area contributed by atoms with Gasteiger partial charge in [0.25, 0.3) is 11.8 Å².